The van der Waals surface area contributed by atoms with Crippen LogP contribution >= 0.6 is 11.8 Å². The van der Waals surface area contributed by atoms with E-state index in [0.717, 1.165) is 50.1 Å². The molecule has 1 aliphatic rings. The lowest BCUT2D eigenvalue weighted by Crippen LogP contribution is -2.08. The molecule has 0 bridgehead atoms. The Morgan fingerprint density at radius 2 is 1.30 bits per heavy atom. The molecule has 0 saturated heterocycles. The topological polar surface area (TPSA) is 86.7 Å². The molecule has 0 radical (unpaired) electrons. The molecule has 2 aromatic carbocycles. The Balaban J connectivity index is 2.12. The fraction of sp³-hybridized carbons (Fsp3) is 0.333. The maximum absolute atomic E-state index is 11.5. The second-order valence-corrected chi connectivity index (χ2v) is 11.5. The van der Waals surface area contributed by atoms with Crippen molar-refractivity contribution in [2.24, 2.45) is 0 Å². The lowest BCUT2D eigenvalue weighted by molar-refractivity contribution is 0.327. The molecular formula is C21H24O6S3. The zero-order valence-electron chi connectivity index (χ0n) is 17.0. The summed E-state index contributed by atoms with van der Waals surface area (Å²) in [6.45, 7) is 2.01. The zero-order chi connectivity index (χ0) is 21.9. The second-order valence-electron chi connectivity index (χ2n) is 7.11. The number of fused-ring (bicyclic) bond motifs is 2. The van der Waals surface area contributed by atoms with Crippen LogP contribution in [0.1, 0.15) is 29.5 Å². The van der Waals surface area contributed by atoms with E-state index in [1.54, 1.807) is 11.8 Å². The number of aryl methyl sites for hydroxylation is 1. The summed E-state index contributed by atoms with van der Waals surface area (Å²) < 4.78 is 55.9. The van der Waals surface area contributed by atoms with Gasteiger partial charge in [0, 0.05) is 9.79 Å². The van der Waals surface area contributed by atoms with E-state index in [4.69, 9.17) is 8.37 Å². The minimum atomic E-state index is -3.57. The number of hydrogen-bond acceptors (Lipinski definition) is 7. The van der Waals surface area contributed by atoms with Gasteiger partial charge in [-0.1, -0.05) is 47.7 Å². The first-order chi connectivity index (χ1) is 14.0. The van der Waals surface area contributed by atoms with Crippen molar-refractivity contribution in [3.63, 3.8) is 0 Å². The average molecular weight is 469 g/mol. The van der Waals surface area contributed by atoms with Gasteiger partial charge in [0.2, 0.25) is 0 Å². The third-order valence-electron chi connectivity index (χ3n) is 4.56. The van der Waals surface area contributed by atoms with Gasteiger partial charge in [0.15, 0.2) is 0 Å². The third-order valence-corrected chi connectivity index (χ3v) is 6.90. The standard InChI is InChI=1S/C21H24O6S3/c1-15-8-9-21-19(14-15)17(11-13-27-30(3,24)25)16(10-12-26-29(2,22)23)18-6-4-5-7-20(18)28-21/h4-9,14H,10-13H2,1-3H3. The van der Waals surface area contributed by atoms with E-state index in [2.05, 4.69) is 12.1 Å². The van der Waals surface area contributed by atoms with Crippen LogP contribution in [0.4, 0.5) is 0 Å². The highest BCUT2D eigenvalue weighted by molar-refractivity contribution is 7.99. The lowest BCUT2D eigenvalue weighted by Gasteiger charge is -2.17. The molecule has 9 heteroatoms. The molecule has 3 rings (SSSR count). The van der Waals surface area contributed by atoms with Gasteiger partial charge in [0.05, 0.1) is 25.7 Å². The largest absolute Gasteiger partial charge is 0.270 e. The minimum Gasteiger partial charge on any atom is -0.270 e. The van der Waals surface area contributed by atoms with Crippen LogP contribution in [0.25, 0.3) is 11.1 Å². The first-order valence-corrected chi connectivity index (χ1v) is 13.8. The molecule has 1 heterocycles. The Morgan fingerprint density at radius 1 is 0.767 bits per heavy atom. The molecule has 0 spiro atoms. The quantitative estimate of drug-likeness (QED) is 0.539. The predicted octanol–water partition coefficient (Wildman–Crippen LogP) is 4.10. The van der Waals surface area contributed by atoms with Crippen LogP contribution in [0.15, 0.2) is 52.3 Å². The molecule has 162 valence electrons. The van der Waals surface area contributed by atoms with Gasteiger partial charge in [-0.2, -0.15) is 16.8 Å². The summed E-state index contributed by atoms with van der Waals surface area (Å²) in [5.74, 6) is 0. The molecule has 0 amide bonds. The number of benzene rings is 2. The highest BCUT2D eigenvalue weighted by atomic mass is 32.2. The molecule has 1 aliphatic heterocycles. The number of rotatable bonds is 8. The van der Waals surface area contributed by atoms with E-state index in [0.29, 0.717) is 12.8 Å². The fourth-order valence-corrected chi connectivity index (χ4v) is 5.26. The Hall–Kier alpha value is -1.65. The van der Waals surface area contributed by atoms with Crippen LogP contribution in [0.5, 0.6) is 0 Å². The maximum atomic E-state index is 11.5. The van der Waals surface area contributed by atoms with Crippen molar-refractivity contribution in [1.82, 2.24) is 0 Å². The smallest absolute Gasteiger partial charge is 0.264 e. The Kier molecular flexibility index (Phi) is 7.09. The molecule has 30 heavy (non-hydrogen) atoms. The van der Waals surface area contributed by atoms with E-state index >= 15 is 0 Å². The molecule has 2 aromatic rings. The first kappa shape index (κ1) is 23.0. The van der Waals surface area contributed by atoms with Crippen molar-refractivity contribution in [1.29, 1.82) is 0 Å². The van der Waals surface area contributed by atoms with Crippen LogP contribution < -0.4 is 0 Å². The molecule has 0 unspecified atom stereocenters. The molecule has 0 N–H and O–H groups in total. The van der Waals surface area contributed by atoms with Gasteiger partial charge in [-0.15, -0.1) is 0 Å². The zero-order valence-corrected chi connectivity index (χ0v) is 19.5. The Labute approximate surface area is 182 Å². The van der Waals surface area contributed by atoms with Gasteiger partial charge < -0.3 is 0 Å². The van der Waals surface area contributed by atoms with Crippen LogP contribution in [0.2, 0.25) is 0 Å². The molecule has 6 nitrogen and oxygen atoms in total. The summed E-state index contributed by atoms with van der Waals surface area (Å²) in [5, 5.41) is 0. The summed E-state index contributed by atoms with van der Waals surface area (Å²) in [6, 6.07) is 14.1. The maximum Gasteiger partial charge on any atom is 0.264 e. The summed E-state index contributed by atoms with van der Waals surface area (Å²) in [6.07, 6.45) is 2.79. The lowest BCUT2D eigenvalue weighted by atomic mass is 9.90. The van der Waals surface area contributed by atoms with Crippen molar-refractivity contribution < 1.29 is 25.2 Å². The monoisotopic (exact) mass is 468 g/mol. The van der Waals surface area contributed by atoms with Crippen molar-refractivity contribution in [2.75, 3.05) is 25.7 Å². The molecular weight excluding hydrogens is 444 g/mol. The summed E-state index contributed by atoms with van der Waals surface area (Å²) in [4.78, 5) is 2.11. The van der Waals surface area contributed by atoms with Crippen LogP contribution in [-0.4, -0.2) is 42.6 Å². The van der Waals surface area contributed by atoms with Gasteiger partial charge in [-0.25, -0.2) is 0 Å². The van der Waals surface area contributed by atoms with Gasteiger partial charge in [-0.05, 0) is 54.2 Å². The van der Waals surface area contributed by atoms with Crippen LogP contribution in [0, 0.1) is 6.92 Å². The summed E-state index contributed by atoms with van der Waals surface area (Å²) in [7, 11) is -7.13. The second kappa shape index (κ2) is 9.23. The van der Waals surface area contributed by atoms with E-state index < -0.39 is 20.2 Å². The van der Waals surface area contributed by atoms with Gasteiger partial charge in [0.25, 0.3) is 20.2 Å². The first-order valence-electron chi connectivity index (χ1n) is 9.32. The van der Waals surface area contributed by atoms with Crippen molar-refractivity contribution >= 4 is 43.1 Å². The van der Waals surface area contributed by atoms with Gasteiger partial charge >= 0.3 is 0 Å². The van der Waals surface area contributed by atoms with E-state index in [1.807, 2.05) is 37.3 Å². The Morgan fingerprint density at radius 3 is 1.90 bits per heavy atom. The Bertz CT molecular complexity index is 1180. The minimum absolute atomic E-state index is 0.00471. The third kappa shape index (κ3) is 6.18. The van der Waals surface area contributed by atoms with E-state index in [9.17, 15) is 16.8 Å². The molecule has 0 aromatic heterocycles. The SMILES string of the molecule is Cc1ccc2c(c1)C(CCOS(C)(=O)=O)=C(CCOS(C)(=O)=O)c1ccccc1S2. The predicted molar refractivity (Wildman–Crippen MR) is 119 cm³/mol. The highest BCUT2D eigenvalue weighted by Crippen LogP contribution is 2.46. The molecule has 0 atom stereocenters. The van der Waals surface area contributed by atoms with Crippen LogP contribution in [-0.2, 0) is 28.6 Å². The van der Waals surface area contributed by atoms with Crippen molar-refractivity contribution in [2.45, 2.75) is 29.6 Å². The number of hydrogen-bond donors (Lipinski definition) is 0. The summed E-state index contributed by atoms with van der Waals surface area (Å²) in [5.41, 5.74) is 4.94. The van der Waals surface area contributed by atoms with Gasteiger partial charge in [-0.3, -0.25) is 8.37 Å². The molecule has 0 saturated carbocycles. The fourth-order valence-electron chi connectivity index (χ4n) is 3.38. The summed E-state index contributed by atoms with van der Waals surface area (Å²) >= 11 is 1.64. The van der Waals surface area contributed by atoms with E-state index in [1.165, 1.54) is 0 Å². The van der Waals surface area contributed by atoms with Gasteiger partial charge in [0.1, 0.15) is 0 Å². The molecule has 0 fully saturated rings. The van der Waals surface area contributed by atoms with Crippen molar-refractivity contribution in [3.8, 4) is 0 Å². The van der Waals surface area contributed by atoms with E-state index in [-0.39, 0.29) is 13.2 Å². The highest BCUT2D eigenvalue weighted by Gasteiger charge is 2.23. The average Bonchev–Trinajstić information content (AvgIpc) is 2.75. The molecule has 0 aliphatic carbocycles. The van der Waals surface area contributed by atoms with Crippen LogP contribution in [0.3, 0.4) is 0 Å². The normalized spacial score (nSPS) is 14.2. The van der Waals surface area contributed by atoms with Crippen molar-refractivity contribution in [3.05, 3.63) is 59.2 Å².